The number of hydrogen-bond acceptors (Lipinski definition) is 3. The molecule has 2 aromatic carbocycles. The van der Waals surface area contributed by atoms with Gasteiger partial charge in [0.2, 0.25) is 5.78 Å². The molecule has 100 valence electrons. The Morgan fingerprint density at radius 3 is 2.50 bits per heavy atom. The van der Waals surface area contributed by atoms with Gasteiger partial charge in [0, 0.05) is 5.56 Å². The van der Waals surface area contributed by atoms with Crippen molar-refractivity contribution in [3.8, 4) is 0 Å². The number of benzene rings is 2. The maximum atomic E-state index is 12.3. The molecule has 1 aliphatic carbocycles. The summed E-state index contributed by atoms with van der Waals surface area (Å²) in [5.74, 6) is -0.542. The largest absolute Gasteiger partial charge is 0.450 e. The second kappa shape index (κ2) is 5.29. The van der Waals surface area contributed by atoms with E-state index in [1.165, 1.54) is 0 Å². The third kappa shape index (κ3) is 2.35. The molecule has 0 saturated heterocycles. The first-order chi connectivity index (χ1) is 9.75. The van der Waals surface area contributed by atoms with Crippen LogP contribution in [0.1, 0.15) is 32.7 Å². The van der Waals surface area contributed by atoms with Crippen molar-refractivity contribution in [3.63, 3.8) is 0 Å². The van der Waals surface area contributed by atoms with Crippen molar-refractivity contribution in [2.75, 3.05) is 0 Å². The first kappa shape index (κ1) is 12.6. The van der Waals surface area contributed by atoms with Crippen molar-refractivity contribution in [1.29, 1.82) is 0 Å². The van der Waals surface area contributed by atoms with Gasteiger partial charge >= 0.3 is 5.97 Å². The van der Waals surface area contributed by atoms with Crippen molar-refractivity contribution in [3.05, 3.63) is 71.3 Å². The van der Waals surface area contributed by atoms with Gasteiger partial charge in [0.15, 0.2) is 6.10 Å². The van der Waals surface area contributed by atoms with Crippen molar-refractivity contribution in [2.45, 2.75) is 18.9 Å². The summed E-state index contributed by atoms with van der Waals surface area (Å²) >= 11 is 0. The predicted molar refractivity (Wildman–Crippen MR) is 74.7 cm³/mol. The number of rotatable bonds is 2. The van der Waals surface area contributed by atoms with Crippen LogP contribution in [-0.4, -0.2) is 17.9 Å². The Hall–Kier alpha value is -2.42. The van der Waals surface area contributed by atoms with Crippen LogP contribution in [0.25, 0.3) is 0 Å². The summed E-state index contributed by atoms with van der Waals surface area (Å²) in [6, 6.07) is 16.2. The third-order valence-corrected chi connectivity index (χ3v) is 3.51. The fourth-order valence-corrected chi connectivity index (χ4v) is 2.45. The molecule has 3 rings (SSSR count). The molecule has 0 amide bonds. The number of ketones is 1. The van der Waals surface area contributed by atoms with Gasteiger partial charge in [-0.2, -0.15) is 0 Å². The van der Waals surface area contributed by atoms with E-state index in [-0.39, 0.29) is 5.78 Å². The van der Waals surface area contributed by atoms with Gasteiger partial charge in [-0.05, 0) is 30.5 Å². The molecule has 0 saturated carbocycles. The van der Waals surface area contributed by atoms with E-state index in [1.807, 2.05) is 24.3 Å². The lowest BCUT2D eigenvalue weighted by Crippen LogP contribution is -2.32. The second-order valence-electron chi connectivity index (χ2n) is 4.82. The number of aryl methyl sites for hydroxylation is 1. The highest BCUT2D eigenvalue weighted by Gasteiger charge is 2.30. The van der Waals surface area contributed by atoms with Crippen molar-refractivity contribution >= 4 is 11.8 Å². The van der Waals surface area contributed by atoms with Gasteiger partial charge < -0.3 is 4.74 Å². The molecule has 0 spiro atoms. The summed E-state index contributed by atoms with van der Waals surface area (Å²) in [6.07, 6.45) is 0.640. The molecule has 0 heterocycles. The Morgan fingerprint density at radius 1 is 1.00 bits per heavy atom. The summed E-state index contributed by atoms with van der Waals surface area (Å²) in [6.45, 7) is 0. The molecule has 2 aromatic rings. The van der Waals surface area contributed by atoms with Crippen LogP contribution >= 0.6 is 0 Å². The molecule has 0 radical (unpaired) electrons. The second-order valence-corrected chi connectivity index (χ2v) is 4.82. The van der Waals surface area contributed by atoms with Crippen molar-refractivity contribution < 1.29 is 14.3 Å². The zero-order valence-corrected chi connectivity index (χ0v) is 10.9. The monoisotopic (exact) mass is 266 g/mol. The number of esters is 1. The summed E-state index contributed by atoms with van der Waals surface area (Å²) in [5, 5.41) is 0. The average Bonchev–Trinajstić information content (AvgIpc) is 2.51. The van der Waals surface area contributed by atoms with Crippen LogP contribution in [0.4, 0.5) is 0 Å². The first-order valence-electron chi connectivity index (χ1n) is 6.64. The quantitative estimate of drug-likeness (QED) is 0.785. The van der Waals surface area contributed by atoms with E-state index in [9.17, 15) is 9.59 Å². The fraction of sp³-hybridized carbons (Fsp3) is 0.176. The SMILES string of the molecule is O=C(O[C@@H]1CCc2ccccc2C1=O)c1ccccc1. The topological polar surface area (TPSA) is 43.4 Å². The highest BCUT2D eigenvalue weighted by atomic mass is 16.5. The van der Waals surface area contributed by atoms with Gasteiger partial charge in [-0.15, -0.1) is 0 Å². The molecule has 0 fully saturated rings. The number of fused-ring (bicyclic) bond motifs is 1. The molecule has 0 N–H and O–H groups in total. The van der Waals surface area contributed by atoms with Crippen molar-refractivity contribution in [2.24, 2.45) is 0 Å². The van der Waals surface area contributed by atoms with Crippen molar-refractivity contribution in [1.82, 2.24) is 0 Å². The number of hydrogen-bond donors (Lipinski definition) is 0. The average molecular weight is 266 g/mol. The molecule has 1 atom stereocenters. The van der Waals surface area contributed by atoms with E-state index in [2.05, 4.69) is 0 Å². The summed E-state index contributed by atoms with van der Waals surface area (Å²) in [7, 11) is 0. The van der Waals surface area contributed by atoms with E-state index in [0.29, 0.717) is 17.5 Å². The Kier molecular flexibility index (Phi) is 3.33. The smallest absolute Gasteiger partial charge is 0.338 e. The lowest BCUT2D eigenvalue weighted by atomic mass is 9.89. The van der Waals surface area contributed by atoms with Gasteiger partial charge in [0.1, 0.15) is 0 Å². The standard InChI is InChI=1S/C17H14O3/c18-16-14-9-5-4-6-12(14)10-11-15(16)20-17(19)13-7-2-1-3-8-13/h1-9,15H,10-11H2/t15-/m1/s1. The molecule has 3 nitrogen and oxygen atoms in total. The predicted octanol–water partition coefficient (Wildman–Crippen LogP) is 3.04. The maximum absolute atomic E-state index is 12.3. The number of ether oxygens (including phenoxy) is 1. The Morgan fingerprint density at radius 2 is 1.70 bits per heavy atom. The minimum Gasteiger partial charge on any atom is -0.450 e. The summed E-state index contributed by atoms with van der Waals surface area (Å²) in [4.78, 5) is 24.3. The summed E-state index contributed by atoms with van der Waals surface area (Å²) in [5.41, 5.74) is 2.17. The highest BCUT2D eigenvalue weighted by Crippen LogP contribution is 2.23. The van der Waals surface area contributed by atoms with E-state index >= 15 is 0 Å². The van der Waals surface area contributed by atoms with Crippen LogP contribution in [0, 0.1) is 0 Å². The van der Waals surface area contributed by atoms with Gasteiger partial charge in [-0.25, -0.2) is 4.79 Å². The third-order valence-electron chi connectivity index (χ3n) is 3.51. The van der Waals surface area contributed by atoms with Crippen LogP contribution in [-0.2, 0) is 11.2 Å². The number of Topliss-reactive ketones (excluding diaryl/α,β-unsaturated/α-hetero) is 1. The van der Waals surface area contributed by atoms with Gasteiger partial charge in [-0.3, -0.25) is 4.79 Å². The molecule has 3 heteroatoms. The lowest BCUT2D eigenvalue weighted by Gasteiger charge is -2.23. The van der Waals surface area contributed by atoms with E-state index in [1.54, 1.807) is 30.3 Å². The Bertz CT molecular complexity index is 646. The van der Waals surface area contributed by atoms with E-state index in [0.717, 1.165) is 12.0 Å². The lowest BCUT2D eigenvalue weighted by molar-refractivity contribution is 0.0257. The van der Waals surface area contributed by atoms with Crippen LogP contribution in [0.5, 0.6) is 0 Å². The number of carbonyl (C=O) groups excluding carboxylic acids is 2. The fourth-order valence-electron chi connectivity index (χ4n) is 2.45. The van der Waals surface area contributed by atoms with Gasteiger partial charge in [0.05, 0.1) is 5.56 Å². The molecule has 20 heavy (non-hydrogen) atoms. The molecule has 0 aliphatic heterocycles. The zero-order chi connectivity index (χ0) is 13.9. The van der Waals surface area contributed by atoms with Crippen LogP contribution in [0.3, 0.4) is 0 Å². The Balaban J connectivity index is 1.77. The van der Waals surface area contributed by atoms with Crippen LogP contribution in [0.15, 0.2) is 54.6 Å². The molecule has 0 bridgehead atoms. The van der Waals surface area contributed by atoms with E-state index in [4.69, 9.17) is 4.74 Å². The normalized spacial score (nSPS) is 17.4. The molecular weight excluding hydrogens is 252 g/mol. The minimum atomic E-state index is -0.669. The van der Waals surface area contributed by atoms with Gasteiger partial charge in [0.25, 0.3) is 0 Å². The Labute approximate surface area is 117 Å². The first-order valence-corrected chi connectivity index (χ1v) is 6.64. The maximum Gasteiger partial charge on any atom is 0.338 e. The number of carbonyl (C=O) groups is 2. The van der Waals surface area contributed by atoms with Crippen LogP contribution < -0.4 is 0 Å². The highest BCUT2D eigenvalue weighted by molar-refractivity contribution is 6.03. The zero-order valence-electron chi connectivity index (χ0n) is 10.9. The molecule has 0 aromatic heterocycles. The van der Waals surface area contributed by atoms with Gasteiger partial charge in [-0.1, -0.05) is 42.5 Å². The molecule has 1 aliphatic rings. The minimum absolute atomic E-state index is 0.101. The molecule has 0 unspecified atom stereocenters. The van der Waals surface area contributed by atoms with Crippen LogP contribution in [0.2, 0.25) is 0 Å². The molecular formula is C17H14O3. The summed E-state index contributed by atoms with van der Waals surface area (Å²) < 4.78 is 5.36. The van der Waals surface area contributed by atoms with E-state index < -0.39 is 12.1 Å².